The number of hydrogen-bond donors (Lipinski definition) is 4. The summed E-state index contributed by atoms with van der Waals surface area (Å²) in [6.45, 7) is 1.71. The van der Waals surface area contributed by atoms with E-state index in [1.54, 1.807) is 24.4 Å². The monoisotopic (exact) mass is 544 g/mol. The lowest BCUT2D eigenvalue weighted by Gasteiger charge is -2.38. The van der Waals surface area contributed by atoms with Gasteiger partial charge in [-0.25, -0.2) is 4.98 Å². The van der Waals surface area contributed by atoms with E-state index in [2.05, 4.69) is 20.9 Å². The zero-order valence-electron chi connectivity index (χ0n) is 23.0. The van der Waals surface area contributed by atoms with Gasteiger partial charge in [0.2, 0.25) is 0 Å². The van der Waals surface area contributed by atoms with E-state index in [1.165, 1.54) is 25.7 Å². The number of pyridine rings is 1. The second kappa shape index (κ2) is 11.5. The number of amides is 3. The molecule has 0 bridgehead atoms. The minimum atomic E-state index is -0.499. The van der Waals surface area contributed by atoms with Crippen LogP contribution in [0.4, 0.5) is 11.5 Å². The molecule has 40 heavy (non-hydrogen) atoms. The van der Waals surface area contributed by atoms with Crippen LogP contribution < -0.4 is 26.6 Å². The van der Waals surface area contributed by atoms with Crippen LogP contribution >= 0.6 is 0 Å². The van der Waals surface area contributed by atoms with Crippen LogP contribution in [0.3, 0.4) is 0 Å². The Hall–Kier alpha value is -3.62. The number of rotatable bonds is 9. The summed E-state index contributed by atoms with van der Waals surface area (Å²) in [4.78, 5) is 44.9. The summed E-state index contributed by atoms with van der Waals surface area (Å²) in [6.07, 6.45) is 12.6. The maximum Gasteiger partial charge on any atom is 0.253 e. The van der Waals surface area contributed by atoms with Gasteiger partial charge in [0, 0.05) is 48.7 Å². The summed E-state index contributed by atoms with van der Waals surface area (Å²) in [7, 11) is 0. The van der Waals surface area contributed by atoms with Crippen molar-refractivity contribution in [1.82, 2.24) is 15.6 Å². The third-order valence-electron chi connectivity index (χ3n) is 9.19. The Labute approximate surface area is 235 Å². The number of carbonyl (C=O) groups is 3. The van der Waals surface area contributed by atoms with Crippen LogP contribution in [0.25, 0.3) is 0 Å². The highest BCUT2D eigenvalue weighted by Crippen LogP contribution is 2.39. The minimum absolute atomic E-state index is 0.0409. The first-order valence-electron chi connectivity index (χ1n) is 15.0. The van der Waals surface area contributed by atoms with Crippen LogP contribution in [-0.2, 0) is 0 Å². The van der Waals surface area contributed by atoms with Crippen LogP contribution in [0.5, 0.6) is 0 Å². The molecule has 2 aromatic rings. The SMILES string of the molecule is NC(=O)c1ccc(C(=O)NC2CC3CCCN(c4ccc(C(=O)NC5CCCC5)cn4)C3C2)cc1NCC1CC1. The van der Waals surface area contributed by atoms with Crippen molar-refractivity contribution in [3.8, 4) is 0 Å². The van der Waals surface area contributed by atoms with Gasteiger partial charge in [-0.3, -0.25) is 14.4 Å². The molecular formula is C31H40N6O3. The molecule has 9 heteroatoms. The highest BCUT2D eigenvalue weighted by molar-refractivity contribution is 6.02. The van der Waals surface area contributed by atoms with Crippen molar-refractivity contribution in [2.24, 2.45) is 17.6 Å². The Bertz CT molecular complexity index is 1250. The van der Waals surface area contributed by atoms with Gasteiger partial charge in [-0.1, -0.05) is 12.8 Å². The number of piperidine rings is 1. The van der Waals surface area contributed by atoms with Crippen molar-refractivity contribution in [2.75, 3.05) is 23.3 Å². The molecule has 2 heterocycles. The van der Waals surface area contributed by atoms with Crippen molar-refractivity contribution in [3.05, 3.63) is 53.2 Å². The molecule has 3 saturated carbocycles. The van der Waals surface area contributed by atoms with Gasteiger partial charge in [-0.15, -0.1) is 0 Å². The predicted octanol–water partition coefficient (Wildman–Crippen LogP) is 3.85. The standard InChI is InChI=1S/C31H40N6O3/c32-29(38)25-11-9-21(15-26(25)33-17-19-7-8-19)30(39)36-24-14-20-4-3-13-37(27(20)16-24)28-12-10-22(18-34-28)31(40)35-23-5-1-2-6-23/h9-12,15,18-20,23-24,27,33H,1-8,13-14,16-17H2,(H2,32,38)(H,35,40)(H,36,39). The smallest absolute Gasteiger partial charge is 0.253 e. The van der Waals surface area contributed by atoms with Gasteiger partial charge in [0.05, 0.1) is 11.1 Å². The molecular weight excluding hydrogens is 504 g/mol. The number of carbonyl (C=O) groups excluding carboxylic acids is 3. The molecule has 0 radical (unpaired) electrons. The fraction of sp³-hybridized carbons (Fsp3) is 0.548. The average molecular weight is 545 g/mol. The van der Waals surface area contributed by atoms with E-state index >= 15 is 0 Å². The van der Waals surface area contributed by atoms with Gasteiger partial charge in [-0.2, -0.15) is 0 Å². The maximum absolute atomic E-state index is 13.2. The van der Waals surface area contributed by atoms with Crippen LogP contribution in [0.1, 0.15) is 95.3 Å². The Morgan fingerprint density at radius 2 is 1.62 bits per heavy atom. The summed E-state index contributed by atoms with van der Waals surface area (Å²) >= 11 is 0. The first-order chi connectivity index (χ1) is 19.4. The van der Waals surface area contributed by atoms with Crippen molar-refractivity contribution in [3.63, 3.8) is 0 Å². The molecule has 1 aromatic heterocycles. The molecule has 1 saturated heterocycles. The number of hydrogen-bond acceptors (Lipinski definition) is 6. The molecule has 9 nitrogen and oxygen atoms in total. The first-order valence-corrected chi connectivity index (χ1v) is 15.0. The van der Waals surface area contributed by atoms with E-state index in [0.29, 0.717) is 40.3 Å². The number of anilines is 2. The quantitative estimate of drug-likeness (QED) is 0.380. The molecule has 1 aromatic carbocycles. The number of aromatic nitrogens is 1. The van der Waals surface area contributed by atoms with E-state index in [9.17, 15) is 14.4 Å². The molecule has 1 aliphatic heterocycles. The normalized spacial score (nSPS) is 24.4. The number of fused-ring (bicyclic) bond motifs is 1. The van der Waals surface area contributed by atoms with Crippen molar-refractivity contribution in [1.29, 1.82) is 0 Å². The van der Waals surface area contributed by atoms with Gasteiger partial charge in [0.25, 0.3) is 17.7 Å². The largest absolute Gasteiger partial charge is 0.384 e. The number of nitrogens with one attached hydrogen (secondary N) is 3. The molecule has 3 aliphatic carbocycles. The zero-order chi connectivity index (χ0) is 27.6. The topological polar surface area (TPSA) is 129 Å². The second-order valence-corrected chi connectivity index (χ2v) is 12.1. The Morgan fingerprint density at radius 1 is 0.875 bits per heavy atom. The second-order valence-electron chi connectivity index (χ2n) is 12.1. The molecule has 5 N–H and O–H groups in total. The lowest BCUT2D eigenvalue weighted by atomic mass is 9.92. The lowest BCUT2D eigenvalue weighted by molar-refractivity contribution is 0.0928. The van der Waals surface area contributed by atoms with E-state index < -0.39 is 5.91 Å². The van der Waals surface area contributed by atoms with Crippen LogP contribution in [-0.4, -0.2) is 53.9 Å². The van der Waals surface area contributed by atoms with E-state index in [4.69, 9.17) is 10.7 Å². The number of primary amides is 1. The van der Waals surface area contributed by atoms with Crippen LogP contribution in [0.15, 0.2) is 36.5 Å². The van der Waals surface area contributed by atoms with Gasteiger partial charge >= 0.3 is 0 Å². The summed E-state index contributed by atoms with van der Waals surface area (Å²) < 4.78 is 0. The van der Waals surface area contributed by atoms with E-state index in [0.717, 1.165) is 57.4 Å². The Balaban J connectivity index is 1.09. The fourth-order valence-electron chi connectivity index (χ4n) is 6.81. The molecule has 0 spiro atoms. The van der Waals surface area contributed by atoms with E-state index in [-0.39, 0.29) is 23.9 Å². The van der Waals surface area contributed by atoms with Gasteiger partial charge in [-0.05, 0) is 93.5 Å². The zero-order valence-corrected chi connectivity index (χ0v) is 23.0. The third-order valence-corrected chi connectivity index (χ3v) is 9.19. The molecule has 3 unspecified atom stereocenters. The molecule has 3 amide bonds. The number of nitrogens with zero attached hydrogens (tertiary/aromatic N) is 2. The van der Waals surface area contributed by atoms with Gasteiger partial charge < -0.3 is 26.6 Å². The average Bonchev–Trinajstić information content (AvgIpc) is 3.47. The minimum Gasteiger partial charge on any atom is -0.384 e. The van der Waals surface area contributed by atoms with Gasteiger partial charge in [0.15, 0.2) is 0 Å². The Morgan fingerprint density at radius 3 is 2.35 bits per heavy atom. The summed E-state index contributed by atoms with van der Waals surface area (Å²) in [5, 5.41) is 9.71. The third kappa shape index (κ3) is 5.93. The van der Waals surface area contributed by atoms with Crippen molar-refractivity contribution >= 4 is 29.2 Å². The molecule has 212 valence electrons. The van der Waals surface area contributed by atoms with Crippen molar-refractivity contribution < 1.29 is 14.4 Å². The highest BCUT2D eigenvalue weighted by Gasteiger charge is 2.41. The highest BCUT2D eigenvalue weighted by atomic mass is 16.2. The fourth-order valence-corrected chi connectivity index (χ4v) is 6.81. The lowest BCUT2D eigenvalue weighted by Crippen LogP contribution is -2.43. The van der Waals surface area contributed by atoms with Gasteiger partial charge in [0.1, 0.15) is 5.82 Å². The van der Waals surface area contributed by atoms with E-state index in [1.807, 2.05) is 12.1 Å². The summed E-state index contributed by atoms with van der Waals surface area (Å²) in [5.74, 6) is 1.34. The summed E-state index contributed by atoms with van der Waals surface area (Å²) in [6, 6.07) is 9.58. The predicted molar refractivity (Wildman–Crippen MR) is 154 cm³/mol. The van der Waals surface area contributed by atoms with Crippen molar-refractivity contribution in [2.45, 2.75) is 82.3 Å². The number of nitrogens with two attached hydrogens (primary N) is 1. The molecule has 3 atom stereocenters. The molecule has 4 aliphatic rings. The molecule has 6 rings (SSSR count). The van der Waals surface area contributed by atoms with Crippen LogP contribution in [0, 0.1) is 11.8 Å². The first kappa shape index (κ1) is 26.6. The molecule has 4 fully saturated rings. The maximum atomic E-state index is 13.2. The summed E-state index contributed by atoms with van der Waals surface area (Å²) in [5.41, 5.74) is 7.75. The van der Waals surface area contributed by atoms with Crippen LogP contribution in [0.2, 0.25) is 0 Å². The Kier molecular flexibility index (Phi) is 7.63. The number of benzene rings is 1.